The third-order valence-electron chi connectivity index (χ3n) is 5.16. The van der Waals surface area contributed by atoms with E-state index in [9.17, 15) is 0 Å². The first-order valence-electron chi connectivity index (χ1n) is 8.40. The third-order valence-corrected chi connectivity index (χ3v) is 5.41. The van der Waals surface area contributed by atoms with Gasteiger partial charge in [-0.15, -0.1) is 0 Å². The van der Waals surface area contributed by atoms with Crippen molar-refractivity contribution in [1.82, 2.24) is 5.32 Å². The monoisotopic (exact) mass is 307 g/mol. The van der Waals surface area contributed by atoms with Crippen LogP contribution < -0.4 is 5.32 Å². The van der Waals surface area contributed by atoms with Crippen molar-refractivity contribution in [3.63, 3.8) is 0 Å². The Morgan fingerprint density at radius 3 is 2.48 bits per heavy atom. The summed E-state index contributed by atoms with van der Waals surface area (Å²) in [5, 5.41) is 4.57. The van der Waals surface area contributed by atoms with Crippen LogP contribution in [-0.2, 0) is 6.42 Å². The zero-order valence-electron chi connectivity index (χ0n) is 14.0. The fraction of sp³-hybridized carbons (Fsp3) is 0.684. The number of halogens is 1. The van der Waals surface area contributed by atoms with Gasteiger partial charge in [-0.2, -0.15) is 0 Å². The van der Waals surface area contributed by atoms with Crippen molar-refractivity contribution < 1.29 is 0 Å². The van der Waals surface area contributed by atoms with Gasteiger partial charge in [-0.1, -0.05) is 57.8 Å². The number of nitrogens with one attached hydrogen (secondary N) is 1. The van der Waals surface area contributed by atoms with Gasteiger partial charge in [-0.25, -0.2) is 0 Å². The Hall–Kier alpha value is -0.530. The van der Waals surface area contributed by atoms with E-state index in [0.29, 0.717) is 11.5 Å². The van der Waals surface area contributed by atoms with Gasteiger partial charge < -0.3 is 5.32 Å². The molecule has 21 heavy (non-hydrogen) atoms. The molecule has 0 bridgehead atoms. The first-order valence-corrected chi connectivity index (χ1v) is 8.78. The lowest BCUT2D eigenvalue weighted by molar-refractivity contribution is 0.0950. The maximum absolute atomic E-state index is 6.00. The average molecular weight is 308 g/mol. The van der Waals surface area contributed by atoms with Crippen LogP contribution in [0.15, 0.2) is 24.3 Å². The van der Waals surface area contributed by atoms with Crippen LogP contribution in [0.3, 0.4) is 0 Å². The predicted octanol–water partition coefficient (Wildman–Crippen LogP) is 5.32. The van der Waals surface area contributed by atoms with Crippen molar-refractivity contribution in [2.24, 2.45) is 17.3 Å². The van der Waals surface area contributed by atoms with Gasteiger partial charge in [0.2, 0.25) is 0 Å². The van der Waals surface area contributed by atoms with E-state index < -0.39 is 0 Å². The highest BCUT2D eigenvalue weighted by molar-refractivity contribution is 6.30. The van der Waals surface area contributed by atoms with E-state index in [1.165, 1.54) is 24.8 Å². The molecule has 0 saturated heterocycles. The van der Waals surface area contributed by atoms with Gasteiger partial charge >= 0.3 is 0 Å². The van der Waals surface area contributed by atoms with Gasteiger partial charge in [0.05, 0.1) is 0 Å². The fourth-order valence-electron chi connectivity index (χ4n) is 4.06. The minimum absolute atomic E-state index is 0.320. The second kappa shape index (κ2) is 7.15. The van der Waals surface area contributed by atoms with Gasteiger partial charge in [-0.05, 0) is 60.8 Å². The largest absolute Gasteiger partial charge is 0.314 e. The first kappa shape index (κ1) is 16.8. The summed E-state index contributed by atoms with van der Waals surface area (Å²) in [7, 11) is 0. The first-order chi connectivity index (χ1) is 9.92. The van der Waals surface area contributed by atoms with Crippen molar-refractivity contribution in [2.45, 2.75) is 59.4 Å². The van der Waals surface area contributed by atoms with Gasteiger partial charge in [-0.3, -0.25) is 0 Å². The molecule has 1 fully saturated rings. The summed E-state index contributed by atoms with van der Waals surface area (Å²) in [6.45, 7) is 10.6. The maximum atomic E-state index is 6.00. The van der Waals surface area contributed by atoms with Crippen LogP contribution >= 0.6 is 11.6 Å². The maximum Gasteiger partial charge on any atom is 0.0406 e. The third kappa shape index (κ3) is 4.47. The topological polar surface area (TPSA) is 12.0 Å². The van der Waals surface area contributed by atoms with Gasteiger partial charge in [0.15, 0.2) is 0 Å². The summed E-state index contributed by atoms with van der Waals surface area (Å²) in [6, 6.07) is 9.05. The van der Waals surface area contributed by atoms with E-state index in [4.69, 9.17) is 11.6 Å². The van der Waals surface area contributed by atoms with Gasteiger partial charge in [0.25, 0.3) is 0 Å². The summed E-state index contributed by atoms with van der Waals surface area (Å²) in [6.07, 6.45) is 5.17. The standard InChI is InChI=1S/C19H30ClN/c1-5-21-18-12-14(2)6-11-17(18)19(3,4)13-15-7-9-16(20)10-8-15/h7-10,14,17-18,21H,5-6,11-13H2,1-4H3. The molecule has 0 heterocycles. The fourth-order valence-corrected chi connectivity index (χ4v) is 4.19. The number of hydrogen-bond donors (Lipinski definition) is 1. The summed E-state index contributed by atoms with van der Waals surface area (Å²) in [5.74, 6) is 1.61. The highest BCUT2D eigenvalue weighted by atomic mass is 35.5. The number of benzene rings is 1. The lowest BCUT2D eigenvalue weighted by Gasteiger charge is -2.45. The Labute approximate surface area is 135 Å². The lowest BCUT2D eigenvalue weighted by Crippen LogP contribution is -2.47. The van der Waals surface area contributed by atoms with E-state index in [2.05, 4.69) is 45.1 Å². The Kier molecular flexibility index (Phi) is 5.73. The van der Waals surface area contributed by atoms with Crippen LogP contribution in [0.1, 0.15) is 52.5 Å². The van der Waals surface area contributed by atoms with E-state index in [1.807, 2.05) is 12.1 Å². The Morgan fingerprint density at radius 1 is 1.19 bits per heavy atom. The number of rotatable bonds is 5. The summed E-state index contributed by atoms with van der Waals surface area (Å²) in [5.41, 5.74) is 1.72. The molecule has 2 heteroatoms. The van der Waals surface area contributed by atoms with Gasteiger partial charge in [0.1, 0.15) is 0 Å². The second-order valence-electron chi connectivity index (χ2n) is 7.48. The molecular formula is C19H30ClN. The summed E-state index contributed by atoms with van der Waals surface area (Å²) >= 11 is 6.00. The molecule has 1 aliphatic carbocycles. The number of hydrogen-bond acceptors (Lipinski definition) is 1. The molecule has 0 amide bonds. The van der Waals surface area contributed by atoms with Crippen molar-refractivity contribution >= 4 is 11.6 Å². The second-order valence-corrected chi connectivity index (χ2v) is 7.92. The molecule has 0 radical (unpaired) electrons. The molecule has 1 saturated carbocycles. The van der Waals surface area contributed by atoms with Gasteiger partial charge in [0, 0.05) is 11.1 Å². The Morgan fingerprint density at radius 2 is 1.86 bits per heavy atom. The van der Waals surface area contributed by atoms with E-state index in [-0.39, 0.29) is 0 Å². The van der Waals surface area contributed by atoms with Crippen molar-refractivity contribution in [3.05, 3.63) is 34.9 Å². The lowest BCUT2D eigenvalue weighted by atomic mass is 9.64. The minimum Gasteiger partial charge on any atom is -0.314 e. The smallest absolute Gasteiger partial charge is 0.0406 e. The molecule has 1 aromatic carbocycles. The molecule has 3 unspecified atom stereocenters. The molecule has 1 aromatic rings. The van der Waals surface area contributed by atoms with E-state index in [1.54, 1.807) is 0 Å². The highest BCUT2D eigenvalue weighted by Gasteiger charge is 2.38. The van der Waals surface area contributed by atoms with Crippen LogP contribution in [0.4, 0.5) is 0 Å². The minimum atomic E-state index is 0.320. The van der Waals surface area contributed by atoms with Crippen LogP contribution in [0, 0.1) is 17.3 Å². The normalized spacial score (nSPS) is 26.8. The molecule has 0 aliphatic heterocycles. The van der Waals surface area contributed by atoms with Crippen LogP contribution in [-0.4, -0.2) is 12.6 Å². The Bertz CT molecular complexity index is 437. The quantitative estimate of drug-likeness (QED) is 0.776. The molecule has 1 N–H and O–H groups in total. The molecule has 1 aliphatic rings. The van der Waals surface area contributed by atoms with Crippen molar-refractivity contribution in [1.29, 1.82) is 0 Å². The van der Waals surface area contributed by atoms with E-state index in [0.717, 1.165) is 29.8 Å². The molecule has 0 aromatic heterocycles. The summed E-state index contributed by atoms with van der Waals surface area (Å²) in [4.78, 5) is 0. The van der Waals surface area contributed by atoms with E-state index >= 15 is 0 Å². The zero-order chi connectivity index (χ0) is 15.5. The highest BCUT2D eigenvalue weighted by Crippen LogP contribution is 2.42. The van der Waals surface area contributed by atoms with Crippen molar-refractivity contribution in [2.75, 3.05) is 6.54 Å². The van der Waals surface area contributed by atoms with Crippen molar-refractivity contribution in [3.8, 4) is 0 Å². The molecular weight excluding hydrogens is 278 g/mol. The molecule has 2 rings (SSSR count). The molecule has 0 spiro atoms. The van der Waals surface area contributed by atoms with Crippen LogP contribution in [0.25, 0.3) is 0 Å². The molecule has 118 valence electrons. The summed E-state index contributed by atoms with van der Waals surface area (Å²) < 4.78 is 0. The zero-order valence-corrected chi connectivity index (χ0v) is 14.7. The van der Waals surface area contributed by atoms with Crippen LogP contribution in [0.2, 0.25) is 5.02 Å². The molecule has 1 nitrogen and oxygen atoms in total. The predicted molar refractivity (Wildman–Crippen MR) is 92.9 cm³/mol. The molecule has 3 atom stereocenters. The average Bonchev–Trinajstić information content (AvgIpc) is 2.41. The Balaban J connectivity index is 2.10. The SMILES string of the molecule is CCNC1CC(C)CCC1C(C)(C)Cc1ccc(Cl)cc1. The van der Waals surface area contributed by atoms with Crippen LogP contribution in [0.5, 0.6) is 0 Å².